The molecule has 0 spiro atoms. The minimum absolute atomic E-state index is 0.255. The van der Waals surface area contributed by atoms with E-state index in [1.54, 1.807) is 77.7 Å². The van der Waals surface area contributed by atoms with E-state index in [2.05, 4.69) is 9.44 Å². The molecule has 0 saturated heterocycles. The summed E-state index contributed by atoms with van der Waals surface area (Å²) in [6.07, 6.45) is 3.70. The average molecular weight is 635 g/mol. The highest BCUT2D eigenvalue weighted by atomic mass is 35.5. The van der Waals surface area contributed by atoms with Crippen LogP contribution in [0.4, 0.5) is 0 Å². The Morgan fingerprint density at radius 3 is 2.37 bits per heavy atom. The number of nitrogens with one attached hydrogen (secondary N) is 2. The van der Waals surface area contributed by atoms with E-state index in [-0.39, 0.29) is 10.9 Å². The zero-order valence-corrected chi connectivity index (χ0v) is 25.3. The molecule has 2 amide bonds. The van der Waals surface area contributed by atoms with Crippen molar-refractivity contribution in [3.05, 3.63) is 99.5 Å². The van der Waals surface area contributed by atoms with Crippen LogP contribution in [0, 0.1) is 0 Å². The second kappa shape index (κ2) is 12.3. The maximum Gasteiger partial charge on any atom is 0.271 e. The Kier molecular flexibility index (Phi) is 8.98. The Morgan fingerprint density at radius 1 is 0.976 bits per heavy atom. The van der Waals surface area contributed by atoms with Crippen molar-refractivity contribution in [3.63, 3.8) is 0 Å². The predicted molar refractivity (Wildman–Crippen MR) is 160 cm³/mol. The molecular weight excluding hydrogens is 605 g/mol. The third kappa shape index (κ3) is 6.43. The lowest BCUT2D eigenvalue weighted by molar-refractivity contribution is -0.122. The third-order valence-electron chi connectivity index (χ3n) is 7.54. The van der Waals surface area contributed by atoms with E-state index in [0.717, 1.165) is 19.1 Å². The Hall–Kier alpha value is -2.60. The fraction of sp³-hybridized carbons (Fsp3) is 0.310. The summed E-state index contributed by atoms with van der Waals surface area (Å²) >= 11 is 11.1. The van der Waals surface area contributed by atoms with Gasteiger partial charge in [0.2, 0.25) is 10.0 Å². The molecular formula is C29H29Cl2N3O5S2. The summed E-state index contributed by atoms with van der Waals surface area (Å²) in [4.78, 5) is 30.4. The van der Waals surface area contributed by atoms with Crippen molar-refractivity contribution in [2.45, 2.75) is 54.6 Å². The first kappa shape index (κ1) is 29.9. The highest BCUT2D eigenvalue weighted by molar-refractivity contribution is 7.90. The summed E-state index contributed by atoms with van der Waals surface area (Å²) < 4.78 is 43.2. The van der Waals surface area contributed by atoms with Gasteiger partial charge in [-0.2, -0.15) is 4.72 Å². The van der Waals surface area contributed by atoms with E-state index in [0.29, 0.717) is 39.5 Å². The summed E-state index contributed by atoms with van der Waals surface area (Å²) in [5, 5.41) is 0.637. The van der Waals surface area contributed by atoms with Gasteiger partial charge in [-0.05, 0) is 54.3 Å². The van der Waals surface area contributed by atoms with Gasteiger partial charge >= 0.3 is 0 Å². The molecule has 3 aromatic rings. The number of amides is 2. The molecule has 5 rings (SSSR count). The summed E-state index contributed by atoms with van der Waals surface area (Å²) in [6, 6.07) is 18.2. The van der Waals surface area contributed by atoms with Crippen LogP contribution in [0.3, 0.4) is 0 Å². The van der Waals surface area contributed by atoms with Crippen molar-refractivity contribution < 1.29 is 22.6 Å². The maximum absolute atomic E-state index is 14.3. The highest BCUT2D eigenvalue weighted by Gasteiger charge is 2.50. The van der Waals surface area contributed by atoms with Crippen LogP contribution >= 0.6 is 23.2 Å². The minimum atomic E-state index is -3.60. The summed E-state index contributed by atoms with van der Waals surface area (Å²) in [7, 11) is -3.60. The van der Waals surface area contributed by atoms with Crippen LogP contribution in [0.25, 0.3) is 0 Å². The molecule has 41 heavy (non-hydrogen) atoms. The molecule has 0 radical (unpaired) electrons. The van der Waals surface area contributed by atoms with Gasteiger partial charge in [0, 0.05) is 27.7 Å². The maximum atomic E-state index is 14.3. The molecule has 1 unspecified atom stereocenters. The lowest BCUT2D eigenvalue weighted by Crippen LogP contribution is -2.59. The van der Waals surface area contributed by atoms with Crippen LogP contribution in [0.1, 0.15) is 59.1 Å². The third-order valence-corrected chi connectivity index (χ3v) is 9.92. The molecule has 0 bridgehead atoms. The highest BCUT2D eigenvalue weighted by Crippen LogP contribution is 2.48. The van der Waals surface area contributed by atoms with E-state index in [4.69, 9.17) is 23.2 Å². The van der Waals surface area contributed by atoms with Crippen molar-refractivity contribution in [3.8, 4) is 0 Å². The summed E-state index contributed by atoms with van der Waals surface area (Å²) in [5.74, 6) is -1.90. The molecule has 2 aliphatic rings. The lowest BCUT2D eigenvalue weighted by Gasteiger charge is -2.49. The number of fused-ring (bicyclic) bond motifs is 1. The van der Waals surface area contributed by atoms with Crippen LogP contribution in [-0.2, 0) is 26.2 Å². The topological polar surface area (TPSA) is 119 Å². The van der Waals surface area contributed by atoms with Gasteiger partial charge in [-0.3, -0.25) is 9.59 Å². The number of carbonyl (C=O) groups excluding carboxylic acids is 2. The van der Waals surface area contributed by atoms with Crippen molar-refractivity contribution in [2.24, 2.45) is 0 Å². The Bertz CT molecular complexity index is 1560. The quantitative estimate of drug-likeness (QED) is 0.356. The number of rotatable bonds is 7. The van der Waals surface area contributed by atoms with Gasteiger partial charge < -0.3 is 9.45 Å². The molecule has 216 valence electrons. The van der Waals surface area contributed by atoms with Crippen molar-refractivity contribution in [1.82, 2.24) is 14.3 Å². The standard InChI is InChI=1S/C29H29Cl2N3O5S2/c1-41(38,39)33-24-13-7-8-14-25(24)34-27(22-16-15-18(30)17-23(22)31)26(20-11-5-6-12-21(20)29(34)36)28(35)32-40(37)19-9-3-2-4-10-19/h2-6,9-12,15-17,24-27,33H,7-8,13-14H2,1H3,(H,32,35)/t24-,25-,26+,27-,40?/m0/s1. The van der Waals surface area contributed by atoms with Crippen molar-refractivity contribution in [2.75, 3.05) is 6.26 Å². The Morgan fingerprint density at radius 2 is 1.66 bits per heavy atom. The second-order valence-electron chi connectivity index (χ2n) is 10.3. The minimum Gasteiger partial charge on any atom is -0.588 e. The van der Waals surface area contributed by atoms with Crippen molar-refractivity contribution in [1.29, 1.82) is 0 Å². The fourth-order valence-corrected chi connectivity index (χ4v) is 8.06. The van der Waals surface area contributed by atoms with Gasteiger partial charge in [0.15, 0.2) is 4.90 Å². The summed E-state index contributed by atoms with van der Waals surface area (Å²) in [5.41, 5.74) is 1.27. The number of carbonyl (C=O) groups is 2. The van der Waals surface area contributed by atoms with Crippen LogP contribution in [0.15, 0.2) is 77.7 Å². The molecule has 12 heteroatoms. The first-order chi connectivity index (χ1) is 19.5. The van der Waals surface area contributed by atoms with Crippen LogP contribution < -0.4 is 9.44 Å². The fourth-order valence-electron chi connectivity index (χ4n) is 5.89. The Labute approximate surface area is 252 Å². The number of nitrogens with zero attached hydrogens (tertiary/aromatic N) is 1. The van der Waals surface area contributed by atoms with Crippen molar-refractivity contribution >= 4 is 56.4 Å². The van der Waals surface area contributed by atoms with E-state index < -0.39 is 51.3 Å². The monoisotopic (exact) mass is 633 g/mol. The van der Waals surface area contributed by atoms with Gasteiger partial charge in [0.1, 0.15) is 11.4 Å². The molecule has 5 atom stereocenters. The normalized spacial score (nSPS) is 23.5. The summed E-state index contributed by atoms with van der Waals surface area (Å²) in [6.45, 7) is 0. The number of hydrogen-bond donors (Lipinski definition) is 2. The molecule has 1 aliphatic heterocycles. The average Bonchev–Trinajstić information content (AvgIpc) is 2.93. The van der Waals surface area contributed by atoms with Gasteiger partial charge in [0.05, 0.1) is 18.2 Å². The van der Waals surface area contributed by atoms with Gasteiger partial charge in [0.25, 0.3) is 11.8 Å². The molecule has 3 aromatic carbocycles. The first-order valence-corrected chi connectivity index (χ1v) is 17.0. The van der Waals surface area contributed by atoms with Crippen LogP contribution in [-0.4, -0.2) is 48.0 Å². The molecule has 2 N–H and O–H groups in total. The molecule has 0 aromatic heterocycles. The molecule has 1 fully saturated rings. The zero-order chi connectivity index (χ0) is 29.3. The molecule has 8 nitrogen and oxygen atoms in total. The van der Waals surface area contributed by atoms with E-state index in [9.17, 15) is 22.6 Å². The number of hydrogen-bond acceptors (Lipinski definition) is 5. The van der Waals surface area contributed by atoms with Gasteiger partial charge in [-0.25, -0.2) is 13.1 Å². The molecule has 1 saturated carbocycles. The van der Waals surface area contributed by atoms with Crippen LogP contribution in [0.5, 0.6) is 0 Å². The number of sulfonamides is 1. The SMILES string of the molecule is CS(=O)(=O)N[C@H]1CCCC[C@@H]1N1C(=O)c2ccccc2[C@@H](C(=O)N[S+]([O-])c2ccccc2)[C@@H]1c1ccc(Cl)cc1Cl. The molecule has 1 heterocycles. The van der Waals surface area contributed by atoms with Gasteiger partial charge in [-0.1, -0.05) is 78.5 Å². The van der Waals surface area contributed by atoms with E-state index in [1.165, 1.54) is 0 Å². The number of halogens is 2. The largest absolute Gasteiger partial charge is 0.588 e. The molecule has 1 aliphatic carbocycles. The lowest BCUT2D eigenvalue weighted by atomic mass is 9.76. The second-order valence-corrected chi connectivity index (χ2v) is 14.1. The Balaban J connectivity index is 1.67. The zero-order valence-electron chi connectivity index (χ0n) is 22.1. The van der Waals surface area contributed by atoms with Gasteiger partial charge in [-0.15, -0.1) is 0 Å². The van der Waals surface area contributed by atoms with Crippen LogP contribution in [0.2, 0.25) is 10.0 Å². The van der Waals surface area contributed by atoms with E-state index in [1.807, 2.05) is 0 Å². The van der Waals surface area contributed by atoms with E-state index >= 15 is 0 Å². The smallest absolute Gasteiger partial charge is 0.271 e. The first-order valence-electron chi connectivity index (χ1n) is 13.2. The predicted octanol–water partition coefficient (Wildman–Crippen LogP) is 4.97. The number of benzene rings is 3.